The second-order valence-corrected chi connectivity index (χ2v) is 6.87. The molecular weight excluding hydrogens is 360 g/mol. The van der Waals surface area contributed by atoms with Gasteiger partial charge in [0, 0.05) is 10.9 Å². The lowest BCUT2D eigenvalue weighted by Gasteiger charge is -2.09. The van der Waals surface area contributed by atoms with Crippen molar-refractivity contribution in [2.24, 2.45) is 0 Å². The SMILES string of the molecule is N#Cc1c(NC(=S)NC(=O)c2ccccc2[N+](=O)[O-])sc2c1CCC2. The van der Waals surface area contributed by atoms with Gasteiger partial charge in [0.2, 0.25) is 0 Å². The zero-order valence-corrected chi connectivity index (χ0v) is 14.5. The minimum atomic E-state index is -0.674. The summed E-state index contributed by atoms with van der Waals surface area (Å²) in [7, 11) is 0. The van der Waals surface area contributed by atoms with E-state index in [2.05, 4.69) is 16.7 Å². The Morgan fingerprint density at radius 1 is 1.36 bits per heavy atom. The molecule has 0 spiro atoms. The number of thiocarbonyl (C=S) groups is 1. The number of rotatable bonds is 3. The van der Waals surface area contributed by atoms with Gasteiger partial charge in [0.15, 0.2) is 5.11 Å². The first kappa shape index (κ1) is 17.0. The normalized spacial score (nSPS) is 12.1. The number of nitro groups is 1. The number of hydrogen-bond acceptors (Lipinski definition) is 6. The predicted octanol–water partition coefficient (Wildman–Crippen LogP) is 3.14. The van der Waals surface area contributed by atoms with Crippen LogP contribution in [0.2, 0.25) is 0 Å². The van der Waals surface area contributed by atoms with E-state index in [4.69, 9.17) is 12.2 Å². The number of nitrogens with zero attached hydrogens (tertiary/aromatic N) is 2. The lowest BCUT2D eigenvalue weighted by atomic mass is 10.1. The van der Waals surface area contributed by atoms with E-state index in [-0.39, 0.29) is 16.4 Å². The number of hydrogen-bond donors (Lipinski definition) is 2. The van der Waals surface area contributed by atoms with Crippen LogP contribution < -0.4 is 10.6 Å². The third kappa shape index (κ3) is 3.35. The van der Waals surface area contributed by atoms with Crippen molar-refractivity contribution in [1.29, 1.82) is 5.26 Å². The topological polar surface area (TPSA) is 108 Å². The molecule has 1 amide bonds. The van der Waals surface area contributed by atoms with Crippen LogP contribution in [0.5, 0.6) is 0 Å². The summed E-state index contributed by atoms with van der Waals surface area (Å²) < 4.78 is 0. The van der Waals surface area contributed by atoms with Crippen LogP contribution in [0.3, 0.4) is 0 Å². The monoisotopic (exact) mass is 372 g/mol. The smallest absolute Gasteiger partial charge is 0.282 e. The van der Waals surface area contributed by atoms with Crippen molar-refractivity contribution < 1.29 is 9.72 Å². The fourth-order valence-corrected chi connectivity index (χ4v) is 4.24. The average Bonchev–Trinajstić information content (AvgIpc) is 3.15. The van der Waals surface area contributed by atoms with Crippen LogP contribution in [0.1, 0.15) is 32.8 Å². The van der Waals surface area contributed by atoms with Gasteiger partial charge in [-0.25, -0.2) is 0 Å². The van der Waals surface area contributed by atoms with E-state index in [9.17, 15) is 20.2 Å². The highest BCUT2D eigenvalue weighted by molar-refractivity contribution is 7.80. The Morgan fingerprint density at radius 3 is 2.84 bits per heavy atom. The van der Waals surface area contributed by atoms with Gasteiger partial charge in [-0.1, -0.05) is 12.1 Å². The number of carbonyl (C=O) groups is 1. The molecule has 0 radical (unpaired) electrons. The number of nitro benzene ring substituents is 1. The van der Waals surface area contributed by atoms with Gasteiger partial charge in [-0.3, -0.25) is 20.2 Å². The fourth-order valence-electron chi connectivity index (χ4n) is 2.74. The number of para-hydroxylation sites is 1. The number of benzene rings is 1. The summed E-state index contributed by atoms with van der Waals surface area (Å²) in [6.07, 6.45) is 2.84. The van der Waals surface area contributed by atoms with Crippen molar-refractivity contribution in [1.82, 2.24) is 5.32 Å². The first-order valence-corrected chi connectivity index (χ1v) is 8.64. The van der Waals surface area contributed by atoms with E-state index in [0.717, 1.165) is 29.7 Å². The second kappa shape index (κ2) is 6.96. The van der Waals surface area contributed by atoms with E-state index < -0.39 is 10.8 Å². The number of thiophene rings is 1. The Bertz CT molecular complexity index is 930. The Kier molecular flexibility index (Phi) is 4.74. The standard InChI is InChI=1S/C16H12N4O3S2/c17-8-11-9-5-3-7-13(9)25-15(11)19-16(24)18-14(21)10-4-1-2-6-12(10)20(22)23/h1-2,4,6H,3,5,7H2,(H2,18,19,21,24). The van der Waals surface area contributed by atoms with Crippen LogP contribution in [0.15, 0.2) is 24.3 Å². The molecule has 1 aliphatic carbocycles. The maximum atomic E-state index is 12.3. The fraction of sp³-hybridized carbons (Fsp3) is 0.188. The van der Waals surface area contributed by atoms with Gasteiger partial charge >= 0.3 is 0 Å². The van der Waals surface area contributed by atoms with E-state index >= 15 is 0 Å². The van der Waals surface area contributed by atoms with Crippen LogP contribution in [0.4, 0.5) is 10.7 Å². The van der Waals surface area contributed by atoms with Crippen molar-refractivity contribution in [3.05, 3.63) is 55.9 Å². The molecule has 126 valence electrons. The molecule has 2 N–H and O–H groups in total. The summed E-state index contributed by atoms with van der Waals surface area (Å²) in [6, 6.07) is 7.81. The van der Waals surface area contributed by atoms with Crippen LogP contribution in [0, 0.1) is 21.4 Å². The molecule has 1 aliphatic rings. The highest BCUT2D eigenvalue weighted by Crippen LogP contribution is 2.38. The Balaban J connectivity index is 1.75. The number of amides is 1. The Hall–Kier alpha value is -2.83. The van der Waals surface area contributed by atoms with Gasteiger partial charge in [-0.2, -0.15) is 5.26 Å². The van der Waals surface area contributed by atoms with Gasteiger partial charge in [-0.15, -0.1) is 11.3 Å². The van der Waals surface area contributed by atoms with Crippen molar-refractivity contribution in [2.45, 2.75) is 19.3 Å². The molecule has 9 heteroatoms. The molecule has 2 aromatic rings. The second-order valence-electron chi connectivity index (χ2n) is 5.36. The summed E-state index contributed by atoms with van der Waals surface area (Å²) in [5, 5.41) is 26.3. The molecule has 0 aliphatic heterocycles. The summed E-state index contributed by atoms with van der Waals surface area (Å²) in [5.74, 6) is -0.674. The van der Waals surface area contributed by atoms with Crippen molar-refractivity contribution in [3.8, 4) is 6.07 Å². The molecule has 3 rings (SSSR count). The summed E-state index contributed by atoms with van der Waals surface area (Å²) in [4.78, 5) is 23.8. The zero-order chi connectivity index (χ0) is 18.0. The summed E-state index contributed by atoms with van der Waals surface area (Å²) in [5.41, 5.74) is 1.23. The highest BCUT2D eigenvalue weighted by Gasteiger charge is 2.24. The molecule has 1 aromatic carbocycles. The maximum Gasteiger partial charge on any atom is 0.282 e. The largest absolute Gasteiger partial charge is 0.323 e. The third-order valence-corrected chi connectivity index (χ3v) is 5.24. The number of nitrogens with one attached hydrogen (secondary N) is 2. The van der Waals surface area contributed by atoms with E-state index in [0.29, 0.717) is 10.6 Å². The molecule has 7 nitrogen and oxygen atoms in total. The van der Waals surface area contributed by atoms with Crippen molar-refractivity contribution in [2.75, 3.05) is 5.32 Å². The first-order chi connectivity index (χ1) is 12.0. The molecule has 25 heavy (non-hydrogen) atoms. The quantitative estimate of drug-likeness (QED) is 0.487. The van der Waals surface area contributed by atoms with Crippen LogP contribution in [-0.2, 0) is 12.8 Å². The minimum absolute atomic E-state index is 0.000394. The molecule has 1 heterocycles. The maximum absolute atomic E-state index is 12.3. The molecule has 0 saturated carbocycles. The lowest BCUT2D eigenvalue weighted by Crippen LogP contribution is -2.34. The van der Waals surface area contributed by atoms with Crippen molar-refractivity contribution in [3.63, 3.8) is 0 Å². The van der Waals surface area contributed by atoms with E-state index in [1.165, 1.54) is 35.6 Å². The average molecular weight is 372 g/mol. The van der Waals surface area contributed by atoms with Crippen LogP contribution in [-0.4, -0.2) is 15.9 Å². The predicted molar refractivity (Wildman–Crippen MR) is 97.8 cm³/mol. The molecule has 0 fully saturated rings. The molecule has 1 aromatic heterocycles. The summed E-state index contributed by atoms with van der Waals surface area (Å²) in [6.45, 7) is 0. The number of carbonyl (C=O) groups excluding carboxylic acids is 1. The van der Waals surface area contributed by atoms with Gasteiger partial charge < -0.3 is 5.32 Å². The van der Waals surface area contributed by atoms with Crippen LogP contribution >= 0.6 is 23.6 Å². The molecule has 0 atom stereocenters. The molecule has 0 saturated heterocycles. The third-order valence-electron chi connectivity index (χ3n) is 3.83. The molecule has 0 unspecified atom stereocenters. The number of anilines is 1. The van der Waals surface area contributed by atoms with Gasteiger partial charge in [0.05, 0.1) is 10.5 Å². The number of aryl methyl sites for hydroxylation is 1. The highest BCUT2D eigenvalue weighted by atomic mass is 32.1. The number of fused-ring (bicyclic) bond motifs is 1. The van der Waals surface area contributed by atoms with Gasteiger partial charge in [-0.05, 0) is 43.1 Å². The van der Waals surface area contributed by atoms with Crippen LogP contribution in [0.25, 0.3) is 0 Å². The number of nitriles is 1. The van der Waals surface area contributed by atoms with Gasteiger partial charge in [0.1, 0.15) is 16.6 Å². The van der Waals surface area contributed by atoms with E-state index in [1.807, 2.05) is 0 Å². The van der Waals surface area contributed by atoms with E-state index in [1.54, 1.807) is 0 Å². The summed E-state index contributed by atoms with van der Waals surface area (Å²) >= 11 is 6.57. The molecule has 0 bridgehead atoms. The first-order valence-electron chi connectivity index (χ1n) is 7.41. The lowest BCUT2D eigenvalue weighted by molar-refractivity contribution is -0.385. The minimum Gasteiger partial charge on any atom is -0.323 e. The zero-order valence-electron chi connectivity index (χ0n) is 12.9. The van der Waals surface area contributed by atoms with Gasteiger partial charge in [0.25, 0.3) is 11.6 Å². The Labute approximate surface area is 152 Å². The van der Waals surface area contributed by atoms with Crippen molar-refractivity contribution >= 4 is 45.3 Å². The molecular formula is C16H12N4O3S2. The Morgan fingerprint density at radius 2 is 2.12 bits per heavy atom.